The number of hydrogen-bond acceptors (Lipinski definition) is 8. The second kappa shape index (κ2) is 14.5. The van der Waals surface area contributed by atoms with E-state index in [9.17, 15) is 9.59 Å². The van der Waals surface area contributed by atoms with E-state index in [1.54, 1.807) is 0 Å². The molecule has 4 rings (SSSR count). The van der Waals surface area contributed by atoms with E-state index in [4.69, 9.17) is 48.9 Å². The van der Waals surface area contributed by atoms with E-state index in [1.807, 2.05) is 23.5 Å². The molecule has 0 bridgehead atoms. The fourth-order valence-electron chi connectivity index (χ4n) is 5.65. The van der Waals surface area contributed by atoms with Crippen molar-refractivity contribution in [3.05, 3.63) is 22.0 Å². The molecule has 226 valence electrons. The first-order chi connectivity index (χ1) is 18.8. The molecule has 2 fully saturated rings. The van der Waals surface area contributed by atoms with Gasteiger partial charge in [0.2, 0.25) is 0 Å². The van der Waals surface area contributed by atoms with Crippen LogP contribution in [0.2, 0.25) is 0 Å². The van der Waals surface area contributed by atoms with E-state index in [0.717, 1.165) is 70.2 Å². The zero-order valence-electron chi connectivity index (χ0n) is 24.0. The van der Waals surface area contributed by atoms with Gasteiger partial charge in [-0.25, -0.2) is 0 Å². The molecule has 2 saturated heterocycles. The van der Waals surface area contributed by atoms with E-state index >= 15 is 0 Å². The predicted molar refractivity (Wildman–Crippen MR) is 193 cm³/mol. The van der Waals surface area contributed by atoms with Crippen molar-refractivity contribution >= 4 is 104 Å². The number of ketones is 2. The van der Waals surface area contributed by atoms with Gasteiger partial charge in [0.05, 0.1) is 9.98 Å². The topological polar surface area (TPSA) is 40.6 Å². The lowest BCUT2D eigenvalue weighted by Gasteiger charge is -2.38. The number of rotatable bonds is 13. The van der Waals surface area contributed by atoms with Crippen LogP contribution < -0.4 is 0 Å². The van der Waals surface area contributed by atoms with Crippen molar-refractivity contribution in [2.45, 2.75) is 86.5 Å². The maximum absolute atomic E-state index is 12.7. The molecule has 2 atom stereocenters. The summed E-state index contributed by atoms with van der Waals surface area (Å²) in [4.78, 5) is 35.7. The van der Waals surface area contributed by atoms with Crippen LogP contribution in [-0.4, -0.2) is 65.9 Å². The molecule has 4 nitrogen and oxygen atoms in total. The van der Waals surface area contributed by atoms with E-state index < -0.39 is 0 Å². The molecule has 4 heterocycles. The van der Waals surface area contributed by atoms with Gasteiger partial charge in [-0.1, -0.05) is 84.0 Å². The second-order valence-electron chi connectivity index (χ2n) is 12.9. The van der Waals surface area contributed by atoms with Gasteiger partial charge in [0, 0.05) is 50.6 Å². The van der Waals surface area contributed by atoms with Crippen LogP contribution in [0.1, 0.15) is 86.5 Å². The van der Waals surface area contributed by atoms with Gasteiger partial charge in [0.25, 0.3) is 0 Å². The molecule has 0 saturated carbocycles. The molecule has 0 aromatic rings. The SMILES string of the molecule is C.CC(C)(CCC(=O)CCC(=O)CCC(C)(C)CN1C(=S)C=C2SCCC2C1=S)CN1C(=S)C=C2SCCC2C1=S. The van der Waals surface area contributed by atoms with Gasteiger partial charge in [0.1, 0.15) is 21.5 Å². The van der Waals surface area contributed by atoms with Crippen molar-refractivity contribution < 1.29 is 9.59 Å². The van der Waals surface area contributed by atoms with E-state index in [-0.39, 0.29) is 29.8 Å². The first-order valence-corrected chi connectivity index (χ1v) is 17.8. The quantitative estimate of drug-likeness (QED) is 0.179. The average molecular weight is 669 g/mol. The molecule has 2 unspecified atom stereocenters. The molecular weight excluding hydrogens is 625 g/mol. The van der Waals surface area contributed by atoms with Gasteiger partial charge in [-0.2, -0.15) is 0 Å². The van der Waals surface area contributed by atoms with Crippen molar-refractivity contribution in [3.63, 3.8) is 0 Å². The molecule has 0 N–H and O–H groups in total. The first kappa shape index (κ1) is 35.0. The van der Waals surface area contributed by atoms with E-state index in [0.29, 0.717) is 37.5 Å². The fraction of sp³-hybridized carbons (Fsp3) is 0.677. The van der Waals surface area contributed by atoms with Crippen LogP contribution in [0.15, 0.2) is 22.0 Å². The van der Waals surface area contributed by atoms with Crippen LogP contribution >= 0.6 is 72.4 Å². The number of fused-ring (bicyclic) bond motifs is 2. The van der Waals surface area contributed by atoms with Gasteiger partial charge < -0.3 is 9.80 Å². The largest absolute Gasteiger partial charge is 0.326 e. The Balaban J connectivity index is 0.00000462. The Labute approximate surface area is 277 Å². The molecule has 0 aliphatic carbocycles. The maximum atomic E-state index is 12.7. The lowest BCUT2D eigenvalue weighted by molar-refractivity contribution is -0.124. The molecule has 10 heteroatoms. The third kappa shape index (κ3) is 9.00. The van der Waals surface area contributed by atoms with Gasteiger partial charge in [-0.05, 0) is 70.0 Å². The Kier molecular flexibility index (Phi) is 12.4. The molecule has 4 aliphatic heterocycles. The van der Waals surface area contributed by atoms with Crippen molar-refractivity contribution in [2.75, 3.05) is 24.6 Å². The maximum Gasteiger partial charge on any atom is 0.133 e. The summed E-state index contributed by atoms with van der Waals surface area (Å²) in [6.45, 7) is 10.1. The summed E-state index contributed by atoms with van der Waals surface area (Å²) >= 11 is 26.6. The van der Waals surface area contributed by atoms with Gasteiger partial charge >= 0.3 is 0 Å². The summed E-state index contributed by atoms with van der Waals surface area (Å²) in [5.41, 5.74) is -0.227. The highest BCUT2D eigenvalue weighted by molar-refractivity contribution is 8.03. The predicted octanol–water partition coefficient (Wildman–Crippen LogP) is 8.37. The van der Waals surface area contributed by atoms with Crippen LogP contribution in [0.25, 0.3) is 0 Å². The van der Waals surface area contributed by atoms with Crippen molar-refractivity contribution in [2.24, 2.45) is 22.7 Å². The number of thiocarbonyl (C=S) groups is 4. The number of Topliss-reactive ketones (excluding diaryl/α,β-unsaturated/α-hetero) is 2. The van der Waals surface area contributed by atoms with Crippen LogP contribution in [0, 0.1) is 22.7 Å². The lowest BCUT2D eigenvalue weighted by atomic mass is 9.84. The summed E-state index contributed by atoms with van der Waals surface area (Å²) < 4.78 is 0. The summed E-state index contributed by atoms with van der Waals surface area (Å²) in [5.74, 6) is 3.15. The lowest BCUT2D eigenvalue weighted by Crippen LogP contribution is -2.45. The van der Waals surface area contributed by atoms with Crippen molar-refractivity contribution in [3.8, 4) is 0 Å². The Hall–Kier alpha value is -0.520. The average Bonchev–Trinajstić information content (AvgIpc) is 3.55. The smallest absolute Gasteiger partial charge is 0.133 e. The Bertz CT molecular complexity index is 1080. The molecular formula is C31H44N2O2S6. The zero-order valence-corrected chi connectivity index (χ0v) is 28.9. The molecule has 0 amide bonds. The second-order valence-corrected chi connectivity index (χ2v) is 16.9. The van der Waals surface area contributed by atoms with E-state index in [1.165, 1.54) is 9.81 Å². The Morgan fingerprint density at radius 2 is 1.10 bits per heavy atom. The minimum absolute atomic E-state index is 0. The standard InChI is InChI=1S/C30H40N2O2S6.CH4/c1-29(2,17-31-25(35)15-23-21(27(31)37)9-13-39-23)11-7-19(33)5-6-20(34)8-12-30(3,4)18-32-26(36)16-24-22(28(32)38)10-14-40-24;/h15-16,21-22H,5-14,17-18H2,1-4H3;1H4. The van der Waals surface area contributed by atoms with Crippen molar-refractivity contribution in [1.29, 1.82) is 0 Å². The highest BCUT2D eigenvalue weighted by atomic mass is 32.2. The Morgan fingerprint density at radius 3 is 1.46 bits per heavy atom. The minimum Gasteiger partial charge on any atom is -0.326 e. The number of carbonyl (C=O) groups is 2. The fourth-order valence-corrected chi connectivity index (χ4v) is 9.89. The highest BCUT2D eigenvalue weighted by Crippen LogP contribution is 2.43. The van der Waals surface area contributed by atoms with Gasteiger partial charge in [0.15, 0.2) is 0 Å². The molecule has 0 radical (unpaired) electrons. The summed E-state index contributed by atoms with van der Waals surface area (Å²) in [7, 11) is 0. The summed E-state index contributed by atoms with van der Waals surface area (Å²) in [5, 5.41) is 0. The minimum atomic E-state index is -0.113. The monoisotopic (exact) mass is 668 g/mol. The molecule has 0 aromatic heterocycles. The van der Waals surface area contributed by atoms with E-state index in [2.05, 4.69) is 49.6 Å². The number of thioether (sulfide) groups is 2. The number of nitrogens with zero attached hydrogens (tertiary/aromatic N) is 2. The molecule has 4 aliphatic rings. The van der Waals surface area contributed by atoms with Gasteiger partial charge in [-0.15, -0.1) is 23.5 Å². The molecule has 41 heavy (non-hydrogen) atoms. The Morgan fingerprint density at radius 1 is 0.732 bits per heavy atom. The zero-order chi connectivity index (χ0) is 29.2. The van der Waals surface area contributed by atoms with Crippen LogP contribution in [0.3, 0.4) is 0 Å². The van der Waals surface area contributed by atoms with Crippen LogP contribution in [-0.2, 0) is 9.59 Å². The van der Waals surface area contributed by atoms with Crippen LogP contribution in [0.5, 0.6) is 0 Å². The number of carbonyl (C=O) groups excluding carboxylic acids is 2. The summed E-state index contributed by atoms with van der Waals surface area (Å²) in [6, 6.07) is 0. The highest BCUT2D eigenvalue weighted by Gasteiger charge is 2.38. The third-order valence-corrected chi connectivity index (χ3v) is 12.3. The molecule has 0 aromatic carbocycles. The van der Waals surface area contributed by atoms with Crippen LogP contribution in [0.4, 0.5) is 0 Å². The first-order valence-electron chi connectivity index (χ1n) is 14.2. The van der Waals surface area contributed by atoms with Gasteiger partial charge in [-0.3, -0.25) is 9.59 Å². The normalized spacial score (nSPS) is 22.7. The third-order valence-electron chi connectivity index (χ3n) is 8.25. The summed E-state index contributed by atoms with van der Waals surface area (Å²) in [6.07, 6.45) is 9.44. The molecule has 0 spiro atoms. The number of hydrogen-bond donors (Lipinski definition) is 0. The van der Waals surface area contributed by atoms with Crippen molar-refractivity contribution in [1.82, 2.24) is 9.80 Å².